The predicted molar refractivity (Wildman–Crippen MR) is 83.6 cm³/mol. The lowest BCUT2D eigenvalue weighted by atomic mass is 10.3. The van der Waals surface area contributed by atoms with Crippen LogP contribution < -0.4 is 5.48 Å². The third-order valence-electron chi connectivity index (χ3n) is 2.64. The van der Waals surface area contributed by atoms with Crippen LogP contribution in [-0.2, 0) is 9.63 Å². The molecule has 2 aromatic carbocycles. The van der Waals surface area contributed by atoms with Crippen molar-refractivity contribution in [1.29, 1.82) is 0 Å². The molecule has 0 aliphatic rings. The van der Waals surface area contributed by atoms with E-state index in [0.29, 0.717) is 17.1 Å². The van der Waals surface area contributed by atoms with Crippen molar-refractivity contribution in [2.24, 2.45) is 10.2 Å². The number of nitro benzene ring substituents is 1. The molecule has 23 heavy (non-hydrogen) atoms. The molecule has 0 amide bonds. The van der Waals surface area contributed by atoms with E-state index in [4.69, 9.17) is 0 Å². The van der Waals surface area contributed by atoms with Crippen LogP contribution in [0.25, 0.3) is 0 Å². The van der Waals surface area contributed by atoms with E-state index in [0.717, 1.165) is 6.08 Å². The second-order valence-electron chi connectivity index (χ2n) is 4.25. The minimum Gasteiger partial charge on any atom is -0.339 e. The maximum absolute atomic E-state index is 10.9. The van der Waals surface area contributed by atoms with Crippen LogP contribution in [-0.4, -0.2) is 10.9 Å². The second kappa shape index (κ2) is 7.46. The van der Waals surface area contributed by atoms with Crippen LogP contribution in [0.4, 0.5) is 22.7 Å². The predicted octanol–water partition coefficient (Wildman–Crippen LogP) is 4.07. The fourth-order valence-electron chi connectivity index (χ4n) is 1.50. The minimum absolute atomic E-state index is 0.00607. The SMILES string of the molecule is C=CC(=O)ONc1ccc(N=Nc2ccc([N+](=O)[O-])cc2)cc1. The zero-order chi connectivity index (χ0) is 16.7. The first-order chi connectivity index (χ1) is 11.1. The maximum Gasteiger partial charge on any atom is 0.355 e. The van der Waals surface area contributed by atoms with Crippen LogP contribution in [0.2, 0.25) is 0 Å². The number of azo groups is 1. The summed E-state index contributed by atoms with van der Waals surface area (Å²) in [5, 5.41) is 18.5. The van der Waals surface area contributed by atoms with Gasteiger partial charge < -0.3 is 4.84 Å². The number of nitrogens with one attached hydrogen (secondary N) is 1. The van der Waals surface area contributed by atoms with Crippen molar-refractivity contribution in [1.82, 2.24) is 0 Å². The fourth-order valence-corrected chi connectivity index (χ4v) is 1.50. The van der Waals surface area contributed by atoms with Crippen LogP contribution in [0.5, 0.6) is 0 Å². The number of nitrogens with zero attached hydrogens (tertiary/aromatic N) is 3. The maximum atomic E-state index is 10.9. The average Bonchev–Trinajstić information content (AvgIpc) is 2.59. The van der Waals surface area contributed by atoms with E-state index < -0.39 is 10.9 Å². The number of carbonyl (C=O) groups excluding carboxylic acids is 1. The molecule has 0 saturated carbocycles. The van der Waals surface area contributed by atoms with Crippen molar-refractivity contribution < 1.29 is 14.6 Å². The second-order valence-corrected chi connectivity index (χ2v) is 4.25. The number of anilines is 1. The number of nitro groups is 1. The van der Waals surface area contributed by atoms with E-state index in [1.54, 1.807) is 24.3 Å². The van der Waals surface area contributed by atoms with Gasteiger partial charge in [0.05, 0.1) is 22.0 Å². The van der Waals surface area contributed by atoms with Gasteiger partial charge in [0, 0.05) is 18.2 Å². The molecule has 2 rings (SSSR count). The highest BCUT2D eigenvalue weighted by molar-refractivity contribution is 5.81. The topological polar surface area (TPSA) is 106 Å². The van der Waals surface area contributed by atoms with Crippen LogP contribution in [0.15, 0.2) is 71.4 Å². The minimum atomic E-state index is -0.591. The first-order valence-electron chi connectivity index (χ1n) is 6.44. The van der Waals surface area contributed by atoms with Crippen LogP contribution in [0, 0.1) is 10.1 Å². The Kier molecular flexibility index (Phi) is 5.13. The van der Waals surface area contributed by atoms with Gasteiger partial charge in [-0.25, -0.2) is 10.3 Å². The molecule has 0 radical (unpaired) electrons. The summed E-state index contributed by atoms with van der Waals surface area (Å²) in [6.45, 7) is 3.28. The first-order valence-corrected chi connectivity index (χ1v) is 6.44. The number of rotatable bonds is 6. The lowest BCUT2D eigenvalue weighted by Crippen LogP contribution is -2.06. The molecule has 1 N–H and O–H groups in total. The van der Waals surface area contributed by atoms with E-state index in [-0.39, 0.29) is 5.69 Å². The normalized spacial score (nSPS) is 10.3. The average molecular weight is 312 g/mol. The van der Waals surface area contributed by atoms with E-state index in [9.17, 15) is 14.9 Å². The molecule has 8 heteroatoms. The van der Waals surface area contributed by atoms with Crippen molar-refractivity contribution in [2.45, 2.75) is 0 Å². The standard InChI is InChI=1S/C15H12N4O4/c1-2-15(20)23-18-13-5-3-11(4-6-13)16-17-12-7-9-14(10-8-12)19(21)22/h2-10,18H,1H2. The molecule has 0 aromatic heterocycles. The smallest absolute Gasteiger partial charge is 0.339 e. The van der Waals surface area contributed by atoms with Crippen LogP contribution in [0.3, 0.4) is 0 Å². The van der Waals surface area contributed by atoms with Gasteiger partial charge in [-0.1, -0.05) is 6.58 Å². The molecule has 116 valence electrons. The molecular weight excluding hydrogens is 300 g/mol. The lowest BCUT2D eigenvalue weighted by molar-refractivity contribution is -0.384. The Labute approximate surface area is 131 Å². The van der Waals surface area contributed by atoms with E-state index in [1.807, 2.05) is 0 Å². The van der Waals surface area contributed by atoms with Crippen LogP contribution >= 0.6 is 0 Å². The molecule has 0 atom stereocenters. The number of non-ortho nitro benzene ring substituents is 1. The lowest BCUT2D eigenvalue weighted by Gasteiger charge is -2.04. The molecule has 0 unspecified atom stereocenters. The van der Waals surface area contributed by atoms with Gasteiger partial charge >= 0.3 is 5.97 Å². The largest absolute Gasteiger partial charge is 0.355 e. The molecule has 0 fully saturated rings. The summed E-state index contributed by atoms with van der Waals surface area (Å²) in [7, 11) is 0. The monoisotopic (exact) mass is 312 g/mol. The van der Waals surface area contributed by atoms with Gasteiger partial charge in [0.15, 0.2) is 0 Å². The molecule has 0 spiro atoms. The number of benzene rings is 2. The summed E-state index contributed by atoms with van der Waals surface area (Å²) in [4.78, 5) is 25.6. The Morgan fingerprint density at radius 2 is 1.61 bits per heavy atom. The van der Waals surface area contributed by atoms with Gasteiger partial charge in [-0.2, -0.15) is 10.2 Å². The van der Waals surface area contributed by atoms with Gasteiger partial charge in [-0.15, -0.1) is 0 Å². The highest BCUT2D eigenvalue weighted by atomic mass is 16.7. The quantitative estimate of drug-likeness (QED) is 0.374. The summed E-state index contributed by atoms with van der Waals surface area (Å²) in [6, 6.07) is 12.4. The van der Waals surface area contributed by atoms with Crippen molar-refractivity contribution in [3.8, 4) is 0 Å². The Morgan fingerprint density at radius 1 is 1.09 bits per heavy atom. The summed E-state index contributed by atoms with van der Waals surface area (Å²) < 4.78 is 0. The Hall–Kier alpha value is -3.55. The van der Waals surface area contributed by atoms with Crippen molar-refractivity contribution in [2.75, 3.05) is 5.48 Å². The van der Waals surface area contributed by atoms with Gasteiger partial charge in [0.1, 0.15) is 0 Å². The number of hydrogen-bond acceptors (Lipinski definition) is 7. The van der Waals surface area contributed by atoms with Crippen LogP contribution in [0.1, 0.15) is 0 Å². The Balaban J connectivity index is 1.98. The fraction of sp³-hybridized carbons (Fsp3) is 0. The first kappa shape index (κ1) is 15.8. The van der Waals surface area contributed by atoms with Crippen molar-refractivity contribution >= 4 is 28.7 Å². The van der Waals surface area contributed by atoms with Gasteiger partial charge in [0.25, 0.3) is 5.69 Å². The van der Waals surface area contributed by atoms with E-state index >= 15 is 0 Å². The molecule has 2 aromatic rings. The van der Waals surface area contributed by atoms with Gasteiger partial charge in [-0.3, -0.25) is 10.1 Å². The van der Waals surface area contributed by atoms with Crippen molar-refractivity contribution in [3.05, 3.63) is 71.3 Å². The molecule has 8 nitrogen and oxygen atoms in total. The molecular formula is C15H12N4O4. The Morgan fingerprint density at radius 3 is 2.09 bits per heavy atom. The number of carbonyl (C=O) groups is 1. The summed E-state index contributed by atoms with van der Waals surface area (Å²) in [5.74, 6) is -0.591. The summed E-state index contributed by atoms with van der Waals surface area (Å²) >= 11 is 0. The Bertz CT molecular complexity index is 739. The zero-order valence-electron chi connectivity index (χ0n) is 11.9. The van der Waals surface area contributed by atoms with E-state index in [1.165, 1.54) is 24.3 Å². The van der Waals surface area contributed by atoms with E-state index in [2.05, 4.69) is 27.1 Å². The van der Waals surface area contributed by atoms with Gasteiger partial charge in [-0.05, 0) is 36.4 Å². The van der Waals surface area contributed by atoms with Gasteiger partial charge in [0.2, 0.25) is 0 Å². The highest BCUT2D eigenvalue weighted by Crippen LogP contribution is 2.22. The third kappa shape index (κ3) is 4.74. The third-order valence-corrected chi connectivity index (χ3v) is 2.64. The molecule has 0 bridgehead atoms. The number of hydrogen-bond donors (Lipinski definition) is 1. The molecule has 0 heterocycles. The highest BCUT2D eigenvalue weighted by Gasteiger charge is 2.03. The molecule has 0 saturated heterocycles. The zero-order valence-corrected chi connectivity index (χ0v) is 11.9. The summed E-state index contributed by atoms with van der Waals surface area (Å²) in [5.41, 5.74) is 4.09. The van der Waals surface area contributed by atoms with Crippen molar-refractivity contribution in [3.63, 3.8) is 0 Å². The molecule has 0 aliphatic carbocycles. The molecule has 0 aliphatic heterocycles. The summed E-state index contributed by atoms with van der Waals surface area (Å²) in [6.07, 6.45) is 1.04.